The summed E-state index contributed by atoms with van der Waals surface area (Å²) in [5.41, 5.74) is 4.55. The predicted molar refractivity (Wildman–Crippen MR) is 86.9 cm³/mol. The van der Waals surface area contributed by atoms with Crippen LogP contribution < -0.4 is 10.1 Å². The number of nitrogens with one attached hydrogen (secondary N) is 1. The van der Waals surface area contributed by atoms with Crippen LogP contribution in [0.3, 0.4) is 0 Å². The third kappa shape index (κ3) is 2.79. The van der Waals surface area contributed by atoms with E-state index in [1.165, 1.54) is 11.1 Å². The molecule has 1 aliphatic rings. The summed E-state index contributed by atoms with van der Waals surface area (Å²) in [6.07, 6.45) is 0.984. The first-order valence-electron chi connectivity index (χ1n) is 6.57. The van der Waals surface area contributed by atoms with E-state index >= 15 is 0 Å². The first kappa shape index (κ1) is 13.8. The Labute approximate surface area is 132 Å². The van der Waals surface area contributed by atoms with Gasteiger partial charge in [-0.2, -0.15) is 0 Å². The van der Waals surface area contributed by atoms with E-state index in [4.69, 9.17) is 16.3 Å². The molecule has 104 valence electrons. The third-order valence-corrected chi connectivity index (χ3v) is 4.35. The summed E-state index contributed by atoms with van der Waals surface area (Å²) in [7, 11) is 0. The first-order valence-corrected chi connectivity index (χ1v) is 7.75. The maximum absolute atomic E-state index is 6.14. The molecule has 0 bridgehead atoms. The summed E-state index contributed by atoms with van der Waals surface area (Å²) in [4.78, 5) is 0. The van der Waals surface area contributed by atoms with Crippen LogP contribution in [0.1, 0.15) is 16.7 Å². The summed E-state index contributed by atoms with van der Waals surface area (Å²) in [6.45, 7) is 3.50. The van der Waals surface area contributed by atoms with Gasteiger partial charge < -0.3 is 10.1 Å². The lowest BCUT2D eigenvalue weighted by molar-refractivity contribution is 0.354. The summed E-state index contributed by atoms with van der Waals surface area (Å²) in [5.74, 6) is 1.03. The minimum atomic E-state index is 0.723. The molecular weight excluding hydrogens is 338 g/mol. The molecule has 1 aliphatic heterocycles. The molecule has 0 saturated heterocycles. The molecular formula is C16H15BrClNO. The Morgan fingerprint density at radius 3 is 2.95 bits per heavy atom. The van der Waals surface area contributed by atoms with Gasteiger partial charge in [0.2, 0.25) is 0 Å². The topological polar surface area (TPSA) is 21.3 Å². The van der Waals surface area contributed by atoms with Crippen molar-refractivity contribution in [2.45, 2.75) is 19.9 Å². The lowest BCUT2D eigenvalue weighted by Gasteiger charge is -2.12. The Balaban J connectivity index is 1.80. The highest BCUT2D eigenvalue weighted by Gasteiger charge is 2.17. The largest absolute Gasteiger partial charge is 0.493 e. The normalized spacial score (nSPS) is 12.9. The molecule has 0 saturated carbocycles. The summed E-state index contributed by atoms with van der Waals surface area (Å²) < 4.78 is 6.83. The van der Waals surface area contributed by atoms with Crippen LogP contribution in [-0.2, 0) is 13.0 Å². The van der Waals surface area contributed by atoms with Crippen LogP contribution >= 0.6 is 27.5 Å². The molecule has 2 nitrogen and oxygen atoms in total. The number of aryl methyl sites for hydroxylation is 1. The van der Waals surface area contributed by atoms with Crippen molar-refractivity contribution in [3.05, 3.63) is 56.5 Å². The maximum atomic E-state index is 6.14. The SMILES string of the molecule is Cc1ccc(NCc2cc(Br)cc3c2OCC3)cc1Cl. The number of ether oxygens (including phenoxy) is 1. The molecule has 0 fully saturated rings. The number of hydrogen-bond donors (Lipinski definition) is 1. The van der Waals surface area contributed by atoms with E-state index in [1.807, 2.05) is 25.1 Å². The van der Waals surface area contributed by atoms with E-state index < -0.39 is 0 Å². The van der Waals surface area contributed by atoms with Crippen molar-refractivity contribution in [2.75, 3.05) is 11.9 Å². The third-order valence-electron chi connectivity index (χ3n) is 3.48. The van der Waals surface area contributed by atoms with Gasteiger partial charge in [0.15, 0.2) is 0 Å². The van der Waals surface area contributed by atoms with E-state index in [1.54, 1.807) is 0 Å². The summed E-state index contributed by atoms with van der Waals surface area (Å²) in [6, 6.07) is 10.3. The second-order valence-electron chi connectivity index (χ2n) is 4.97. The Morgan fingerprint density at radius 1 is 1.30 bits per heavy atom. The number of halogens is 2. The van der Waals surface area contributed by atoms with Gasteiger partial charge in [0.25, 0.3) is 0 Å². The molecule has 0 amide bonds. The van der Waals surface area contributed by atoms with E-state index in [2.05, 4.69) is 33.4 Å². The van der Waals surface area contributed by atoms with Gasteiger partial charge in [-0.15, -0.1) is 0 Å². The standard InChI is InChI=1S/C16H15BrClNO/c1-10-2-3-14(8-15(10)18)19-9-12-7-13(17)6-11-4-5-20-16(11)12/h2-3,6-8,19H,4-5,9H2,1H3. The zero-order valence-electron chi connectivity index (χ0n) is 11.2. The highest BCUT2D eigenvalue weighted by molar-refractivity contribution is 9.10. The molecule has 0 radical (unpaired) electrons. The minimum absolute atomic E-state index is 0.723. The molecule has 1 heterocycles. The summed E-state index contributed by atoms with van der Waals surface area (Å²) in [5, 5.41) is 4.18. The van der Waals surface area contributed by atoms with Gasteiger partial charge in [0, 0.05) is 33.7 Å². The fourth-order valence-corrected chi connectivity index (χ4v) is 3.11. The van der Waals surface area contributed by atoms with Crippen molar-refractivity contribution in [2.24, 2.45) is 0 Å². The van der Waals surface area contributed by atoms with Gasteiger partial charge >= 0.3 is 0 Å². The predicted octanol–water partition coefficient (Wildman–Crippen LogP) is 4.96. The molecule has 0 atom stereocenters. The lowest BCUT2D eigenvalue weighted by atomic mass is 10.1. The van der Waals surface area contributed by atoms with Crippen LogP contribution in [-0.4, -0.2) is 6.61 Å². The number of fused-ring (bicyclic) bond motifs is 1. The molecule has 3 rings (SSSR count). The second-order valence-corrected chi connectivity index (χ2v) is 6.29. The van der Waals surface area contributed by atoms with Crippen LogP contribution in [0.25, 0.3) is 0 Å². The Hall–Kier alpha value is -1.19. The lowest BCUT2D eigenvalue weighted by Crippen LogP contribution is -2.02. The Bertz CT molecular complexity index is 657. The van der Waals surface area contributed by atoms with E-state index in [-0.39, 0.29) is 0 Å². The van der Waals surface area contributed by atoms with E-state index in [9.17, 15) is 0 Å². The molecule has 1 N–H and O–H groups in total. The van der Waals surface area contributed by atoms with Crippen molar-refractivity contribution in [3.63, 3.8) is 0 Å². The van der Waals surface area contributed by atoms with Gasteiger partial charge in [-0.05, 0) is 42.3 Å². The Kier molecular flexibility index (Phi) is 3.90. The highest BCUT2D eigenvalue weighted by atomic mass is 79.9. The Morgan fingerprint density at radius 2 is 2.15 bits per heavy atom. The molecule has 0 spiro atoms. The number of hydrogen-bond acceptors (Lipinski definition) is 2. The summed E-state index contributed by atoms with van der Waals surface area (Å²) >= 11 is 9.70. The van der Waals surface area contributed by atoms with Crippen molar-refractivity contribution < 1.29 is 4.74 Å². The zero-order chi connectivity index (χ0) is 14.1. The van der Waals surface area contributed by atoms with Crippen LogP contribution in [0.15, 0.2) is 34.8 Å². The smallest absolute Gasteiger partial charge is 0.127 e. The fourth-order valence-electron chi connectivity index (χ4n) is 2.38. The van der Waals surface area contributed by atoms with Gasteiger partial charge in [-0.3, -0.25) is 0 Å². The molecule has 0 aliphatic carbocycles. The number of benzene rings is 2. The monoisotopic (exact) mass is 351 g/mol. The zero-order valence-corrected chi connectivity index (χ0v) is 13.5. The van der Waals surface area contributed by atoms with Crippen molar-refractivity contribution in [3.8, 4) is 5.75 Å². The quantitative estimate of drug-likeness (QED) is 0.843. The molecule has 20 heavy (non-hydrogen) atoms. The average Bonchev–Trinajstić information content (AvgIpc) is 2.88. The molecule has 0 unspecified atom stereocenters. The van der Waals surface area contributed by atoms with Crippen molar-refractivity contribution in [1.82, 2.24) is 0 Å². The number of rotatable bonds is 3. The minimum Gasteiger partial charge on any atom is -0.493 e. The maximum Gasteiger partial charge on any atom is 0.127 e. The second kappa shape index (κ2) is 5.66. The molecule has 4 heteroatoms. The van der Waals surface area contributed by atoms with Gasteiger partial charge in [0.05, 0.1) is 6.61 Å². The van der Waals surface area contributed by atoms with Gasteiger partial charge in [-0.1, -0.05) is 33.6 Å². The number of anilines is 1. The van der Waals surface area contributed by atoms with E-state index in [0.29, 0.717) is 0 Å². The molecule has 2 aromatic rings. The van der Waals surface area contributed by atoms with E-state index in [0.717, 1.165) is 46.1 Å². The van der Waals surface area contributed by atoms with Crippen LogP contribution in [0.2, 0.25) is 5.02 Å². The van der Waals surface area contributed by atoms with Crippen LogP contribution in [0.4, 0.5) is 5.69 Å². The highest BCUT2D eigenvalue weighted by Crippen LogP contribution is 2.33. The van der Waals surface area contributed by atoms with Crippen molar-refractivity contribution in [1.29, 1.82) is 0 Å². The fraction of sp³-hybridized carbons (Fsp3) is 0.250. The van der Waals surface area contributed by atoms with Crippen LogP contribution in [0.5, 0.6) is 5.75 Å². The van der Waals surface area contributed by atoms with Crippen LogP contribution in [0, 0.1) is 6.92 Å². The molecule has 2 aromatic carbocycles. The first-order chi connectivity index (χ1) is 9.63. The average molecular weight is 353 g/mol. The van der Waals surface area contributed by atoms with Gasteiger partial charge in [-0.25, -0.2) is 0 Å². The van der Waals surface area contributed by atoms with Crippen molar-refractivity contribution >= 4 is 33.2 Å². The molecule has 0 aromatic heterocycles. The van der Waals surface area contributed by atoms with Gasteiger partial charge in [0.1, 0.15) is 5.75 Å².